The summed E-state index contributed by atoms with van der Waals surface area (Å²) in [6.07, 6.45) is 1.63. The summed E-state index contributed by atoms with van der Waals surface area (Å²) < 4.78 is 4.36. The topological polar surface area (TPSA) is 43.4 Å². The van der Waals surface area contributed by atoms with Gasteiger partial charge in [0.1, 0.15) is 5.92 Å². The van der Waals surface area contributed by atoms with Crippen LogP contribution in [0, 0.1) is 11.8 Å². The largest absolute Gasteiger partial charge is 0.468 e. The Morgan fingerprint density at radius 3 is 2.10 bits per heavy atom. The molecule has 10 heavy (non-hydrogen) atoms. The predicted octanol–water partition coefficient (Wildman–Crippen LogP) is 0.541. The smallest absolute Gasteiger partial charge is 0.316 e. The summed E-state index contributed by atoms with van der Waals surface area (Å²) in [5, 5.41) is 0. The van der Waals surface area contributed by atoms with Crippen LogP contribution in [-0.4, -0.2) is 19.4 Å². The number of carbonyl (C=O) groups is 1. The fourth-order valence-electron chi connectivity index (χ4n) is 0.583. The summed E-state index contributed by atoms with van der Waals surface area (Å²) in [5.41, 5.74) is 0. The molecule has 3 nitrogen and oxygen atoms in total. The average Bonchev–Trinajstić information content (AvgIpc) is 1.88. The van der Waals surface area contributed by atoms with Crippen LogP contribution in [0.2, 0.25) is 0 Å². The number of rotatable bonds is 3. The van der Waals surface area contributed by atoms with Crippen LogP contribution in [0.5, 0.6) is 0 Å². The Morgan fingerprint density at radius 1 is 1.50 bits per heavy atom. The van der Waals surface area contributed by atoms with Gasteiger partial charge < -0.3 is 4.74 Å². The molecule has 0 aromatic rings. The van der Waals surface area contributed by atoms with Crippen LogP contribution in [0.25, 0.3) is 0 Å². The molecule has 0 saturated carbocycles. The minimum absolute atomic E-state index is 0.0371. The molecule has 0 amide bonds. The number of carbonyl (C=O) groups excluding carboxylic acids is 2. The van der Waals surface area contributed by atoms with E-state index >= 15 is 0 Å². The highest BCUT2D eigenvalue weighted by atomic mass is 16.5. The van der Waals surface area contributed by atoms with Gasteiger partial charge in [-0.25, -0.2) is 0 Å². The number of esters is 1. The van der Waals surface area contributed by atoms with Crippen LogP contribution >= 0.6 is 0 Å². The Balaban J connectivity index is 4.06. The Hall–Kier alpha value is -0.860. The van der Waals surface area contributed by atoms with E-state index in [1.54, 1.807) is 20.1 Å². The molecule has 0 N–H and O–H groups in total. The lowest BCUT2D eigenvalue weighted by atomic mass is 9.98. The Morgan fingerprint density at radius 2 is 2.00 bits per heavy atom. The van der Waals surface area contributed by atoms with Gasteiger partial charge in [-0.15, -0.1) is 0 Å². The third-order valence-corrected chi connectivity index (χ3v) is 1.25. The zero-order chi connectivity index (χ0) is 8.15. The fourth-order valence-corrected chi connectivity index (χ4v) is 0.583. The van der Waals surface area contributed by atoms with Crippen LogP contribution in [0.15, 0.2) is 0 Å². The minimum Gasteiger partial charge on any atom is -0.468 e. The molecule has 0 heterocycles. The van der Waals surface area contributed by atoms with Crippen LogP contribution in [0.1, 0.15) is 13.8 Å². The van der Waals surface area contributed by atoms with Crippen molar-refractivity contribution in [1.29, 1.82) is 0 Å². The maximum absolute atomic E-state index is 10.7. The fraction of sp³-hybridized carbons (Fsp3) is 0.714. The van der Waals surface area contributed by atoms with Gasteiger partial charge in [-0.1, -0.05) is 13.8 Å². The third kappa shape index (κ3) is 2.17. The molecule has 0 bridgehead atoms. The molecule has 0 aliphatic heterocycles. The monoisotopic (exact) mass is 143 g/mol. The van der Waals surface area contributed by atoms with E-state index in [-0.39, 0.29) is 5.92 Å². The van der Waals surface area contributed by atoms with Crippen LogP contribution in [0.3, 0.4) is 0 Å². The van der Waals surface area contributed by atoms with Crippen LogP contribution < -0.4 is 0 Å². The first-order valence-electron chi connectivity index (χ1n) is 3.09. The Kier molecular flexibility index (Phi) is 3.69. The standard InChI is InChI=1S/C7H11O3/c1-5(2)6(4-8)7(9)10-3/h5-6H,1-3H3. The molecule has 0 saturated heterocycles. The minimum atomic E-state index is -0.731. The van der Waals surface area contributed by atoms with E-state index in [1.807, 2.05) is 0 Å². The van der Waals surface area contributed by atoms with Crippen molar-refractivity contribution in [3.8, 4) is 0 Å². The summed E-state index contributed by atoms with van der Waals surface area (Å²) in [5.74, 6) is -1.28. The first-order chi connectivity index (χ1) is 4.63. The first-order valence-corrected chi connectivity index (χ1v) is 3.09. The maximum atomic E-state index is 10.7. The molecule has 0 spiro atoms. The highest BCUT2D eigenvalue weighted by Gasteiger charge is 2.22. The van der Waals surface area contributed by atoms with E-state index in [2.05, 4.69) is 4.74 Å². The molecule has 1 atom stereocenters. The van der Waals surface area contributed by atoms with Crippen molar-refractivity contribution in [2.45, 2.75) is 13.8 Å². The molecule has 0 aliphatic rings. The molecule has 57 valence electrons. The zero-order valence-electron chi connectivity index (χ0n) is 6.38. The van der Waals surface area contributed by atoms with Gasteiger partial charge in [0.2, 0.25) is 6.29 Å². The normalized spacial score (nSPS) is 12.8. The summed E-state index contributed by atoms with van der Waals surface area (Å²) in [7, 11) is 1.26. The maximum Gasteiger partial charge on any atom is 0.316 e. The predicted molar refractivity (Wildman–Crippen MR) is 36.0 cm³/mol. The van der Waals surface area contributed by atoms with Crippen molar-refractivity contribution >= 4 is 12.3 Å². The van der Waals surface area contributed by atoms with Crippen molar-refractivity contribution in [2.75, 3.05) is 7.11 Å². The molecular weight excluding hydrogens is 132 g/mol. The summed E-state index contributed by atoms with van der Waals surface area (Å²) in [6.45, 7) is 3.54. The molecule has 0 aromatic heterocycles. The van der Waals surface area contributed by atoms with Gasteiger partial charge in [0, 0.05) is 0 Å². The van der Waals surface area contributed by atoms with E-state index in [1.165, 1.54) is 7.11 Å². The molecule has 0 aliphatic carbocycles. The van der Waals surface area contributed by atoms with Crippen molar-refractivity contribution in [2.24, 2.45) is 11.8 Å². The van der Waals surface area contributed by atoms with E-state index in [0.29, 0.717) is 0 Å². The summed E-state index contributed by atoms with van der Waals surface area (Å²) >= 11 is 0. The lowest BCUT2D eigenvalue weighted by Gasteiger charge is -2.09. The van der Waals surface area contributed by atoms with Gasteiger partial charge in [-0.05, 0) is 5.92 Å². The molecule has 0 rings (SSSR count). The first kappa shape index (κ1) is 9.14. The Labute approximate surface area is 60.4 Å². The molecule has 0 fully saturated rings. The molecular formula is C7H11O3. The SMILES string of the molecule is COC(=O)C([C]=O)C(C)C. The number of hydrogen-bond acceptors (Lipinski definition) is 3. The number of hydrogen-bond donors (Lipinski definition) is 0. The second-order valence-electron chi connectivity index (χ2n) is 2.36. The Bertz CT molecular complexity index is 129. The van der Waals surface area contributed by atoms with Crippen molar-refractivity contribution in [3.05, 3.63) is 0 Å². The van der Waals surface area contributed by atoms with Gasteiger partial charge in [0.25, 0.3) is 0 Å². The number of methoxy groups -OCH3 is 1. The molecule has 0 aromatic carbocycles. The van der Waals surface area contributed by atoms with Gasteiger partial charge >= 0.3 is 5.97 Å². The van der Waals surface area contributed by atoms with Crippen molar-refractivity contribution in [3.63, 3.8) is 0 Å². The van der Waals surface area contributed by atoms with Crippen molar-refractivity contribution < 1.29 is 14.3 Å². The molecule has 3 heteroatoms. The highest BCUT2D eigenvalue weighted by Crippen LogP contribution is 2.08. The van der Waals surface area contributed by atoms with E-state index in [4.69, 9.17) is 0 Å². The van der Waals surface area contributed by atoms with E-state index in [9.17, 15) is 9.59 Å². The zero-order valence-corrected chi connectivity index (χ0v) is 6.38. The quantitative estimate of drug-likeness (QED) is 0.428. The lowest BCUT2D eigenvalue weighted by Crippen LogP contribution is -2.22. The second-order valence-corrected chi connectivity index (χ2v) is 2.36. The van der Waals surface area contributed by atoms with E-state index in [0.717, 1.165) is 0 Å². The summed E-state index contributed by atoms with van der Waals surface area (Å²) in [6, 6.07) is 0. The third-order valence-electron chi connectivity index (χ3n) is 1.25. The van der Waals surface area contributed by atoms with Crippen molar-refractivity contribution in [1.82, 2.24) is 0 Å². The lowest BCUT2D eigenvalue weighted by molar-refractivity contribution is -0.144. The average molecular weight is 143 g/mol. The van der Waals surface area contributed by atoms with Gasteiger partial charge in [-0.3, -0.25) is 9.59 Å². The number of ether oxygens (including phenoxy) is 1. The van der Waals surface area contributed by atoms with Gasteiger partial charge in [0.15, 0.2) is 0 Å². The van der Waals surface area contributed by atoms with Crippen LogP contribution in [0.4, 0.5) is 0 Å². The van der Waals surface area contributed by atoms with Gasteiger partial charge in [0.05, 0.1) is 7.11 Å². The van der Waals surface area contributed by atoms with Crippen LogP contribution in [-0.2, 0) is 14.3 Å². The van der Waals surface area contributed by atoms with Gasteiger partial charge in [-0.2, -0.15) is 0 Å². The highest BCUT2D eigenvalue weighted by molar-refractivity contribution is 5.88. The molecule has 1 radical (unpaired) electrons. The second kappa shape index (κ2) is 4.04. The van der Waals surface area contributed by atoms with E-state index < -0.39 is 11.9 Å². The summed E-state index contributed by atoms with van der Waals surface area (Å²) in [4.78, 5) is 20.8. The molecule has 1 unspecified atom stereocenters.